The quantitative estimate of drug-likeness (QED) is 0.757. The first kappa shape index (κ1) is 14.9. The highest BCUT2D eigenvalue weighted by Crippen LogP contribution is 2.17. The molecule has 0 heterocycles. The lowest BCUT2D eigenvalue weighted by Gasteiger charge is -2.32. The van der Waals surface area contributed by atoms with Crippen LogP contribution in [0.25, 0.3) is 0 Å². The Labute approximate surface area is 93.2 Å². The van der Waals surface area contributed by atoms with Gasteiger partial charge in [-0.25, -0.2) is 8.42 Å². The van der Waals surface area contributed by atoms with Crippen LogP contribution in [-0.2, 0) is 9.84 Å². The van der Waals surface area contributed by atoms with Crippen LogP contribution >= 0.6 is 0 Å². The Morgan fingerprint density at radius 1 is 1.13 bits per heavy atom. The number of sulfone groups is 1. The van der Waals surface area contributed by atoms with Gasteiger partial charge in [0.2, 0.25) is 0 Å². The van der Waals surface area contributed by atoms with Crippen molar-refractivity contribution < 1.29 is 13.5 Å². The van der Waals surface area contributed by atoms with E-state index < -0.39 is 20.2 Å². The Kier molecular flexibility index (Phi) is 4.35. The van der Waals surface area contributed by atoms with Gasteiger partial charge in [0.1, 0.15) is 0 Å². The molecule has 0 atom stereocenters. The summed E-state index contributed by atoms with van der Waals surface area (Å²) in [4.78, 5) is 1.83. The van der Waals surface area contributed by atoms with Crippen molar-refractivity contribution >= 4 is 9.84 Å². The Hall–Kier alpha value is -0.130. The third-order valence-corrected chi connectivity index (χ3v) is 4.45. The van der Waals surface area contributed by atoms with Crippen molar-refractivity contribution in [2.24, 2.45) is 0 Å². The predicted octanol–water partition coefficient (Wildman–Crippen LogP) is 0.512. The molecule has 1 N–H and O–H groups in total. The zero-order valence-corrected chi connectivity index (χ0v) is 11.3. The number of rotatable bonds is 5. The van der Waals surface area contributed by atoms with Crippen LogP contribution in [0.3, 0.4) is 0 Å². The van der Waals surface area contributed by atoms with E-state index in [1.165, 1.54) is 6.26 Å². The molecule has 0 spiro atoms. The number of hydrogen-bond donors (Lipinski definition) is 1. The van der Waals surface area contributed by atoms with Crippen molar-refractivity contribution in [3.8, 4) is 0 Å². The van der Waals surface area contributed by atoms with Crippen molar-refractivity contribution in [3.05, 3.63) is 0 Å². The molecule has 15 heavy (non-hydrogen) atoms. The van der Waals surface area contributed by atoms with Gasteiger partial charge in [0.05, 0.1) is 10.3 Å². The molecule has 0 aliphatic heterocycles. The van der Waals surface area contributed by atoms with Crippen molar-refractivity contribution in [3.63, 3.8) is 0 Å². The number of aliphatic hydroxyl groups is 1. The summed E-state index contributed by atoms with van der Waals surface area (Å²) >= 11 is 0. The second kappa shape index (κ2) is 4.39. The number of likely N-dealkylation sites (N-methyl/N-ethyl adjacent to an activating group) is 1. The monoisotopic (exact) mass is 237 g/mol. The summed E-state index contributed by atoms with van der Waals surface area (Å²) in [5.74, 6) is 0. The van der Waals surface area contributed by atoms with Crippen LogP contribution in [0.15, 0.2) is 0 Å². The highest BCUT2D eigenvalue weighted by atomic mass is 32.2. The fourth-order valence-corrected chi connectivity index (χ4v) is 1.94. The summed E-state index contributed by atoms with van der Waals surface area (Å²) in [5, 5.41) is 9.60. The molecule has 5 heteroatoms. The van der Waals surface area contributed by atoms with E-state index in [2.05, 4.69) is 0 Å². The van der Waals surface area contributed by atoms with Gasteiger partial charge in [-0.15, -0.1) is 0 Å². The smallest absolute Gasteiger partial charge is 0.153 e. The van der Waals surface area contributed by atoms with Crippen molar-refractivity contribution in [2.45, 2.75) is 38.0 Å². The van der Waals surface area contributed by atoms with Crippen molar-refractivity contribution in [1.82, 2.24) is 4.90 Å². The van der Waals surface area contributed by atoms with Crippen molar-refractivity contribution in [2.75, 3.05) is 26.4 Å². The molecule has 0 saturated carbocycles. The minimum Gasteiger partial charge on any atom is -0.389 e. The van der Waals surface area contributed by atoms with Gasteiger partial charge in [-0.1, -0.05) is 0 Å². The molecule has 0 aromatic carbocycles. The largest absolute Gasteiger partial charge is 0.389 e. The maximum absolute atomic E-state index is 11.5. The molecule has 0 aromatic heterocycles. The van der Waals surface area contributed by atoms with Crippen LogP contribution in [0.4, 0.5) is 0 Å². The lowest BCUT2D eigenvalue weighted by atomic mass is 10.1. The standard InChI is InChI=1S/C10H23NO3S/c1-9(2,12)7-11(5)8-10(3,4)15(6,13)14/h12H,7-8H2,1-6H3. The van der Waals surface area contributed by atoms with Gasteiger partial charge in [-0.3, -0.25) is 0 Å². The van der Waals surface area contributed by atoms with Gasteiger partial charge in [0.25, 0.3) is 0 Å². The molecular formula is C10H23NO3S. The van der Waals surface area contributed by atoms with Crippen LogP contribution in [0.1, 0.15) is 27.7 Å². The molecule has 92 valence electrons. The molecule has 4 nitrogen and oxygen atoms in total. The zero-order valence-electron chi connectivity index (χ0n) is 10.5. The lowest BCUT2D eigenvalue weighted by molar-refractivity contribution is 0.0426. The average molecular weight is 237 g/mol. The van der Waals surface area contributed by atoms with Crippen molar-refractivity contribution in [1.29, 1.82) is 0 Å². The summed E-state index contributed by atoms with van der Waals surface area (Å²) < 4.78 is 22.1. The average Bonchev–Trinajstić information content (AvgIpc) is 1.75. The first-order chi connectivity index (χ1) is 6.35. The molecule has 0 rings (SSSR count). The van der Waals surface area contributed by atoms with E-state index >= 15 is 0 Å². The van der Waals surface area contributed by atoms with E-state index in [4.69, 9.17) is 0 Å². The summed E-state index contributed by atoms with van der Waals surface area (Å²) in [7, 11) is -1.27. The molecule has 0 saturated heterocycles. The minimum atomic E-state index is -3.08. The third kappa shape index (κ3) is 5.49. The first-order valence-corrected chi connectivity index (χ1v) is 6.85. The predicted molar refractivity (Wildman–Crippen MR) is 62.7 cm³/mol. The zero-order chi connectivity index (χ0) is 12.5. The van der Waals surface area contributed by atoms with E-state index in [0.717, 1.165) is 0 Å². The second-order valence-electron chi connectivity index (χ2n) is 5.52. The lowest BCUT2D eigenvalue weighted by Crippen LogP contribution is -2.46. The van der Waals surface area contributed by atoms with Gasteiger partial charge in [-0.05, 0) is 34.7 Å². The van der Waals surface area contributed by atoms with Gasteiger partial charge < -0.3 is 10.0 Å². The Morgan fingerprint density at radius 3 is 1.80 bits per heavy atom. The Bertz CT molecular complexity index is 301. The van der Waals surface area contributed by atoms with E-state index in [1.54, 1.807) is 27.7 Å². The Balaban J connectivity index is 4.49. The molecule has 0 aliphatic rings. The molecule has 0 fully saturated rings. The van der Waals surface area contributed by atoms with Crippen LogP contribution in [0.2, 0.25) is 0 Å². The van der Waals surface area contributed by atoms with E-state index in [1.807, 2.05) is 11.9 Å². The second-order valence-corrected chi connectivity index (χ2v) is 8.17. The van der Waals surface area contributed by atoms with E-state index in [9.17, 15) is 13.5 Å². The maximum atomic E-state index is 11.5. The van der Waals surface area contributed by atoms with Crippen LogP contribution in [-0.4, -0.2) is 55.2 Å². The van der Waals surface area contributed by atoms with Gasteiger partial charge in [-0.2, -0.15) is 0 Å². The molecular weight excluding hydrogens is 214 g/mol. The minimum absolute atomic E-state index is 0.413. The van der Waals surface area contributed by atoms with Gasteiger partial charge in [0, 0.05) is 19.3 Å². The first-order valence-electron chi connectivity index (χ1n) is 4.96. The molecule has 0 aliphatic carbocycles. The van der Waals surface area contributed by atoms with Gasteiger partial charge >= 0.3 is 0 Å². The fraction of sp³-hybridized carbons (Fsp3) is 1.00. The fourth-order valence-electron chi connectivity index (χ4n) is 1.48. The molecule has 0 amide bonds. The molecule has 0 radical (unpaired) electrons. The third-order valence-electron chi connectivity index (χ3n) is 2.31. The summed E-state index contributed by atoms with van der Waals surface area (Å²) in [6.07, 6.45) is 1.24. The van der Waals surface area contributed by atoms with Crippen LogP contribution < -0.4 is 0 Å². The van der Waals surface area contributed by atoms with Crippen LogP contribution in [0.5, 0.6) is 0 Å². The molecule has 0 unspecified atom stereocenters. The topological polar surface area (TPSA) is 57.6 Å². The molecule has 0 bridgehead atoms. The molecule has 0 aromatic rings. The number of hydrogen-bond acceptors (Lipinski definition) is 4. The summed E-state index contributed by atoms with van der Waals surface area (Å²) in [6, 6.07) is 0. The van der Waals surface area contributed by atoms with E-state index in [-0.39, 0.29) is 0 Å². The van der Waals surface area contributed by atoms with E-state index in [0.29, 0.717) is 13.1 Å². The highest BCUT2D eigenvalue weighted by Gasteiger charge is 2.32. The normalized spacial score (nSPS) is 14.7. The van der Waals surface area contributed by atoms with Crippen LogP contribution in [0, 0.1) is 0 Å². The number of nitrogens with zero attached hydrogens (tertiary/aromatic N) is 1. The summed E-state index contributed by atoms with van der Waals surface area (Å²) in [6.45, 7) is 7.67. The maximum Gasteiger partial charge on any atom is 0.153 e. The Morgan fingerprint density at radius 2 is 1.53 bits per heavy atom. The highest BCUT2D eigenvalue weighted by molar-refractivity contribution is 7.92. The van der Waals surface area contributed by atoms with Gasteiger partial charge in [0.15, 0.2) is 9.84 Å². The SMILES string of the molecule is CN(CC(C)(C)O)CC(C)(C)S(C)(=O)=O. The summed E-state index contributed by atoms with van der Waals surface area (Å²) in [5.41, 5.74) is -0.803.